The van der Waals surface area contributed by atoms with E-state index in [4.69, 9.17) is 5.73 Å². The van der Waals surface area contributed by atoms with Gasteiger partial charge in [-0.1, -0.05) is 111 Å². The van der Waals surface area contributed by atoms with Gasteiger partial charge in [-0.3, -0.25) is 9.59 Å². The Morgan fingerprint density at radius 3 is 1.58 bits per heavy atom. The van der Waals surface area contributed by atoms with E-state index >= 15 is 0 Å². The quantitative estimate of drug-likeness (QED) is 0.477. The molecule has 1 atom stereocenters. The van der Waals surface area contributed by atoms with E-state index < -0.39 is 17.4 Å². The zero-order valence-electron chi connectivity index (χ0n) is 18.0. The van der Waals surface area contributed by atoms with Crippen molar-refractivity contribution in [3.8, 4) is 0 Å². The highest BCUT2D eigenvalue weighted by Crippen LogP contribution is 2.42. The molecule has 0 aliphatic carbocycles. The molecule has 160 valence electrons. The number of carbonyl (C=O) groups is 2. The summed E-state index contributed by atoms with van der Waals surface area (Å²) in [6, 6.07) is 29.5. The fourth-order valence-corrected chi connectivity index (χ4v) is 4.15. The van der Waals surface area contributed by atoms with Gasteiger partial charge in [0.2, 0.25) is 11.8 Å². The first-order valence-corrected chi connectivity index (χ1v) is 10.8. The van der Waals surface area contributed by atoms with Crippen LogP contribution in [0.2, 0.25) is 0 Å². The normalized spacial score (nSPS) is 12.2. The number of benzene rings is 3. The fraction of sp³-hybridized carbons (Fsp3) is 0.259. The standard InChI is InChI=1S/C27H30N2O2/c1-2-3-19-24(26(28)31)29-25(30)20-27(21-13-7-4-8-14-21,22-15-9-5-10-16-22)23-17-11-6-12-18-23/h4-18,24H,2-3,19-20H2,1H3,(H2,28,31)(H,29,30)/t24-/m1/s1. The van der Waals surface area contributed by atoms with E-state index in [1.54, 1.807) is 0 Å². The number of unbranched alkanes of at least 4 members (excludes halogenated alkanes) is 1. The average molecular weight is 415 g/mol. The Hall–Kier alpha value is -3.40. The number of carbonyl (C=O) groups excluding carboxylic acids is 2. The summed E-state index contributed by atoms with van der Waals surface area (Å²) in [4.78, 5) is 25.3. The third-order valence-corrected chi connectivity index (χ3v) is 5.75. The lowest BCUT2D eigenvalue weighted by Crippen LogP contribution is -2.46. The van der Waals surface area contributed by atoms with Gasteiger partial charge in [0.1, 0.15) is 6.04 Å². The van der Waals surface area contributed by atoms with Gasteiger partial charge in [0.15, 0.2) is 0 Å². The molecule has 0 unspecified atom stereocenters. The Bertz CT molecular complexity index is 875. The number of primary amides is 1. The molecule has 0 radical (unpaired) electrons. The summed E-state index contributed by atoms with van der Waals surface area (Å²) in [5.74, 6) is -0.692. The maximum Gasteiger partial charge on any atom is 0.239 e. The molecule has 0 heterocycles. The van der Waals surface area contributed by atoms with Gasteiger partial charge in [-0.25, -0.2) is 0 Å². The number of nitrogens with two attached hydrogens (primary N) is 1. The van der Waals surface area contributed by atoms with Crippen molar-refractivity contribution in [2.24, 2.45) is 5.73 Å². The van der Waals surface area contributed by atoms with Crippen LogP contribution < -0.4 is 11.1 Å². The fourth-order valence-electron chi connectivity index (χ4n) is 4.15. The molecule has 0 saturated heterocycles. The van der Waals surface area contributed by atoms with Crippen LogP contribution in [-0.2, 0) is 15.0 Å². The third-order valence-electron chi connectivity index (χ3n) is 5.75. The first-order valence-electron chi connectivity index (χ1n) is 10.8. The van der Waals surface area contributed by atoms with Crippen molar-refractivity contribution in [2.75, 3.05) is 0 Å². The summed E-state index contributed by atoms with van der Waals surface area (Å²) in [5, 5.41) is 2.90. The Morgan fingerprint density at radius 2 is 1.23 bits per heavy atom. The van der Waals surface area contributed by atoms with Crippen molar-refractivity contribution < 1.29 is 9.59 Å². The lowest BCUT2D eigenvalue weighted by molar-refractivity contribution is -0.128. The number of hydrogen-bond acceptors (Lipinski definition) is 2. The highest BCUT2D eigenvalue weighted by atomic mass is 16.2. The molecular formula is C27H30N2O2. The molecule has 0 fully saturated rings. The largest absolute Gasteiger partial charge is 0.368 e. The average Bonchev–Trinajstić information content (AvgIpc) is 2.81. The van der Waals surface area contributed by atoms with Crippen molar-refractivity contribution in [1.29, 1.82) is 0 Å². The molecule has 31 heavy (non-hydrogen) atoms. The molecule has 3 aromatic rings. The topological polar surface area (TPSA) is 72.2 Å². The number of rotatable bonds is 10. The van der Waals surface area contributed by atoms with Crippen molar-refractivity contribution in [3.05, 3.63) is 108 Å². The predicted molar refractivity (Wildman–Crippen MR) is 124 cm³/mol. The van der Waals surface area contributed by atoms with E-state index in [-0.39, 0.29) is 12.3 Å². The first kappa shape index (κ1) is 22.3. The second-order valence-electron chi connectivity index (χ2n) is 7.84. The minimum atomic E-state index is -0.694. The van der Waals surface area contributed by atoms with Crippen LogP contribution in [0.25, 0.3) is 0 Å². The molecule has 2 amide bonds. The van der Waals surface area contributed by atoms with Crippen LogP contribution in [-0.4, -0.2) is 17.9 Å². The maximum absolute atomic E-state index is 13.3. The summed E-state index contributed by atoms with van der Waals surface area (Å²) < 4.78 is 0. The molecule has 0 aliphatic rings. The van der Waals surface area contributed by atoms with E-state index in [1.807, 2.05) is 61.5 Å². The van der Waals surface area contributed by atoms with Crippen LogP contribution in [0.1, 0.15) is 49.3 Å². The summed E-state index contributed by atoms with van der Waals surface area (Å²) in [6.07, 6.45) is 2.48. The monoisotopic (exact) mass is 414 g/mol. The highest BCUT2D eigenvalue weighted by molar-refractivity contribution is 5.87. The lowest BCUT2D eigenvalue weighted by Gasteiger charge is -2.36. The molecule has 0 spiro atoms. The number of hydrogen-bond donors (Lipinski definition) is 2. The second kappa shape index (κ2) is 10.6. The zero-order chi connectivity index (χ0) is 22.1. The molecule has 0 saturated carbocycles. The molecule has 0 aromatic heterocycles. The van der Waals surface area contributed by atoms with Crippen molar-refractivity contribution in [1.82, 2.24) is 5.32 Å². The molecule has 4 nitrogen and oxygen atoms in total. The Labute approximate surface area is 184 Å². The number of nitrogens with one attached hydrogen (secondary N) is 1. The SMILES string of the molecule is CCCC[C@@H](NC(=O)CC(c1ccccc1)(c1ccccc1)c1ccccc1)C(N)=O. The van der Waals surface area contributed by atoms with Crippen LogP contribution in [0, 0.1) is 0 Å². The minimum Gasteiger partial charge on any atom is -0.368 e. The summed E-state index contributed by atoms with van der Waals surface area (Å²) in [7, 11) is 0. The van der Waals surface area contributed by atoms with Gasteiger partial charge < -0.3 is 11.1 Å². The van der Waals surface area contributed by atoms with Gasteiger partial charge in [-0.2, -0.15) is 0 Å². The van der Waals surface area contributed by atoms with E-state index in [1.165, 1.54) is 0 Å². The predicted octanol–water partition coefficient (Wildman–Crippen LogP) is 4.57. The van der Waals surface area contributed by atoms with Gasteiger partial charge in [0.05, 0.1) is 5.41 Å². The smallest absolute Gasteiger partial charge is 0.239 e. The van der Waals surface area contributed by atoms with Crippen LogP contribution in [0.3, 0.4) is 0 Å². The molecule has 3 rings (SSSR count). The molecule has 3 aromatic carbocycles. The second-order valence-corrected chi connectivity index (χ2v) is 7.84. The highest BCUT2D eigenvalue weighted by Gasteiger charge is 2.39. The minimum absolute atomic E-state index is 0.168. The van der Waals surface area contributed by atoms with Crippen molar-refractivity contribution in [2.45, 2.75) is 44.1 Å². The maximum atomic E-state index is 13.3. The van der Waals surface area contributed by atoms with Crippen LogP contribution in [0.15, 0.2) is 91.0 Å². The van der Waals surface area contributed by atoms with Gasteiger partial charge >= 0.3 is 0 Å². The van der Waals surface area contributed by atoms with Gasteiger partial charge in [0.25, 0.3) is 0 Å². The van der Waals surface area contributed by atoms with Gasteiger partial charge in [0, 0.05) is 6.42 Å². The molecule has 0 aliphatic heterocycles. The van der Waals surface area contributed by atoms with E-state index in [9.17, 15) is 9.59 Å². The van der Waals surface area contributed by atoms with Gasteiger partial charge in [-0.15, -0.1) is 0 Å². The van der Waals surface area contributed by atoms with E-state index in [2.05, 4.69) is 41.7 Å². The van der Waals surface area contributed by atoms with Crippen LogP contribution in [0.4, 0.5) is 0 Å². The van der Waals surface area contributed by atoms with Crippen LogP contribution in [0.5, 0.6) is 0 Å². The van der Waals surface area contributed by atoms with Crippen molar-refractivity contribution >= 4 is 11.8 Å². The zero-order valence-corrected chi connectivity index (χ0v) is 18.0. The molecule has 0 bridgehead atoms. The Morgan fingerprint density at radius 1 is 0.806 bits per heavy atom. The Balaban J connectivity index is 2.08. The summed E-state index contributed by atoms with van der Waals surface area (Å²) in [5.41, 5.74) is 7.94. The molecular weight excluding hydrogens is 384 g/mol. The van der Waals surface area contributed by atoms with E-state index in [0.29, 0.717) is 6.42 Å². The molecule has 3 N–H and O–H groups in total. The van der Waals surface area contributed by atoms with E-state index in [0.717, 1.165) is 29.5 Å². The summed E-state index contributed by atoms with van der Waals surface area (Å²) >= 11 is 0. The summed E-state index contributed by atoms with van der Waals surface area (Å²) in [6.45, 7) is 2.05. The third kappa shape index (κ3) is 5.21. The number of amides is 2. The lowest BCUT2D eigenvalue weighted by atomic mass is 9.67. The Kier molecular flexibility index (Phi) is 7.60. The first-order chi connectivity index (χ1) is 15.1. The van der Waals surface area contributed by atoms with Crippen molar-refractivity contribution in [3.63, 3.8) is 0 Å². The van der Waals surface area contributed by atoms with Crippen LogP contribution >= 0.6 is 0 Å². The van der Waals surface area contributed by atoms with Gasteiger partial charge in [-0.05, 0) is 23.1 Å². The molecule has 4 heteroatoms.